The number of carbonyl (C=O) groups is 3. The van der Waals surface area contributed by atoms with Crippen LogP contribution in [0.2, 0.25) is 5.02 Å². The molecule has 0 unspecified atom stereocenters. The van der Waals surface area contributed by atoms with E-state index in [0.717, 1.165) is 5.02 Å². The first kappa shape index (κ1) is 24.5. The Bertz CT molecular complexity index is 1070. The largest absolute Gasteiger partial charge is 0.370 e. The predicted octanol–water partition coefficient (Wildman–Crippen LogP) is 2.58. The van der Waals surface area contributed by atoms with Crippen molar-refractivity contribution in [2.75, 3.05) is 6.54 Å². The van der Waals surface area contributed by atoms with Crippen LogP contribution in [0.25, 0.3) is 11.3 Å². The lowest BCUT2D eigenvalue weighted by atomic mass is 10.0. The number of hydrogen-bond acceptors (Lipinski definition) is 4. The third-order valence-electron chi connectivity index (χ3n) is 4.23. The highest BCUT2D eigenvalue weighted by atomic mass is 35.5. The number of nitrogens with zero attached hydrogens (tertiary/aromatic N) is 1. The van der Waals surface area contributed by atoms with Crippen molar-refractivity contribution in [3.05, 3.63) is 76.7 Å². The number of benzene rings is 2. The molecule has 0 atom stereocenters. The number of aryl methyl sites for hydroxylation is 1. The predicted molar refractivity (Wildman–Crippen MR) is 119 cm³/mol. The van der Waals surface area contributed by atoms with Gasteiger partial charge in [0.15, 0.2) is 0 Å². The van der Waals surface area contributed by atoms with E-state index in [4.69, 9.17) is 23.1 Å². The van der Waals surface area contributed by atoms with E-state index in [0.29, 0.717) is 12.0 Å². The van der Waals surface area contributed by atoms with E-state index < -0.39 is 23.5 Å². The summed E-state index contributed by atoms with van der Waals surface area (Å²) in [5.41, 5.74) is 11.3. The number of rotatable bonds is 8. The molecule has 0 radical (unpaired) electrons. The molecule has 0 aliphatic rings. The summed E-state index contributed by atoms with van der Waals surface area (Å²) in [7, 11) is 0. The topological polar surface area (TPSA) is 144 Å². The lowest BCUT2D eigenvalue weighted by Gasteiger charge is -2.08. The molecular weight excluding hydrogens is 437 g/mol. The third kappa shape index (κ3) is 7.84. The van der Waals surface area contributed by atoms with E-state index in [1.54, 1.807) is 6.07 Å². The molecule has 1 heterocycles. The first-order valence-corrected chi connectivity index (χ1v) is 10.0. The van der Waals surface area contributed by atoms with Crippen molar-refractivity contribution in [1.82, 2.24) is 15.5 Å². The summed E-state index contributed by atoms with van der Waals surface area (Å²) in [6.45, 7) is 0.0694. The van der Waals surface area contributed by atoms with Gasteiger partial charge >= 0.3 is 0 Å². The highest BCUT2D eigenvalue weighted by molar-refractivity contribution is 6.30. The number of nitrogens with one attached hydrogen (secondary N) is 2. The highest BCUT2D eigenvalue weighted by Crippen LogP contribution is 2.26. The molecule has 10 heteroatoms. The molecular formula is C22H23ClFN5O3. The van der Waals surface area contributed by atoms with Crippen LogP contribution < -0.4 is 16.8 Å². The van der Waals surface area contributed by atoms with Gasteiger partial charge in [-0.2, -0.15) is 5.10 Å². The van der Waals surface area contributed by atoms with Gasteiger partial charge in [0, 0.05) is 30.0 Å². The van der Waals surface area contributed by atoms with Gasteiger partial charge in [0.1, 0.15) is 5.82 Å². The number of H-pyrrole nitrogens is 1. The normalized spacial score (nSPS) is 10.1. The molecule has 3 amide bonds. The third-order valence-corrected chi connectivity index (χ3v) is 4.49. The van der Waals surface area contributed by atoms with Crippen LogP contribution in [-0.4, -0.2) is 34.5 Å². The van der Waals surface area contributed by atoms with Gasteiger partial charge in [-0.05, 0) is 36.2 Å². The van der Waals surface area contributed by atoms with Crippen molar-refractivity contribution in [3.8, 4) is 11.3 Å². The van der Waals surface area contributed by atoms with Gasteiger partial charge in [0.05, 0.1) is 17.5 Å². The highest BCUT2D eigenvalue weighted by Gasteiger charge is 2.18. The molecule has 0 bridgehead atoms. The summed E-state index contributed by atoms with van der Waals surface area (Å²) in [5.74, 6) is -2.05. The van der Waals surface area contributed by atoms with Crippen molar-refractivity contribution in [2.45, 2.75) is 19.3 Å². The fourth-order valence-corrected chi connectivity index (χ4v) is 2.81. The Morgan fingerprint density at radius 3 is 2.31 bits per heavy atom. The molecule has 3 rings (SSSR count). The summed E-state index contributed by atoms with van der Waals surface area (Å²) in [4.78, 5) is 33.8. The SMILES string of the molecule is Clc1ccccc1.NC(=O)CCNC(=O)c1cn[nH]c1-c1cc(CCC(N)=O)ccc1F. The Morgan fingerprint density at radius 2 is 1.72 bits per heavy atom. The van der Waals surface area contributed by atoms with E-state index in [2.05, 4.69) is 15.5 Å². The van der Waals surface area contributed by atoms with E-state index in [9.17, 15) is 18.8 Å². The first-order chi connectivity index (χ1) is 15.3. The van der Waals surface area contributed by atoms with Gasteiger partial charge in [0.25, 0.3) is 5.91 Å². The van der Waals surface area contributed by atoms with E-state index >= 15 is 0 Å². The maximum Gasteiger partial charge on any atom is 0.255 e. The minimum Gasteiger partial charge on any atom is -0.370 e. The standard InChI is InChI=1S/C16H18FN5O3.C6H5Cl/c17-12-3-1-9(2-4-13(18)23)7-10(12)15-11(8-21-22-15)16(25)20-6-5-14(19)24;7-6-4-2-1-3-5-6/h1,3,7-8H,2,4-6H2,(H2,18,23)(H2,19,24)(H,20,25)(H,21,22);1-5H. The Morgan fingerprint density at radius 1 is 1.03 bits per heavy atom. The smallest absolute Gasteiger partial charge is 0.255 e. The maximum absolute atomic E-state index is 14.2. The molecule has 0 aliphatic heterocycles. The molecule has 0 saturated heterocycles. The van der Waals surface area contributed by atoms with Crippen molar-refractivity contribution < 1.29 is 18.8 Å². The lowest BCUT2D eigenvalue weighted by Crippen LogP contribution is -2.28. The maximum atomic E-state index is 14.2. The summed E-state index contributed by atoms with van der Waals surface area (Å²) in [6, 6.07) is 13.8. The van der Waals surface area contributed by atoms with Gasteiger partial charge in [-0.3, -0.25) is 19.5 Å². The zero-order chi connectivity index (χ0) is 23.5. The van der Waals surface area contributed by atoms with E-state index in [1.807, 2.05) is 30.3 Å². The number of amides is 3. The lowest BCUT2D eigenvalue weighted by molar-refractivity contribution is -0.118. The molecule has 0 fully saturated rings. The molecule has 32 heavy (non-hydrogen) atoms. The van der Waals surface area contributed by atoms with Gasteiger partial charge in [0.2, 0.25) is 11.8 Å². The van der Waals surface area contributed by atoms with Crippen LogP contribution in [0.4, 0.5) is 4.39 Å². The molecule has 0 spiro atoms. The number of halogens is 2. The van der Waals surface area contributed by atoms with Crippen LogP contribution >= 0.6 is 11.6 Å². The zero-order valence-electron chi connectivity index (χ0n) is 17.1. The Balaban J connectivity index is 0.000000439. The van der Waals surface area contributed by atoms with Crippen LogP contribution in [0.1, 0.15) is 28.8 Å². The fourth-order valence-electron chi connectivity index (χ4n) is 2.66. The molecule has 2 aromatic carbocycles. The molecule has 8 nitrogen and oxygen atoms in total. The molecule has 3 aromatic rings. The number of aromatic amines is 1. The van der Waals surface area contributed by atoms with Gasteiger partial charge < -0.3 is 16.8 Å². The zero-order valence-corrected chi connectivity index (χ0v) is 17.9. The number of primary amides is 2. The second kappa shape index (κ2) is 12.2. The minimum absolute atomic E-state index is 0.00408. The van der Waals surface area contributed by atoms with E-state index in [-0.39, 0.29) is 36.2 Å². The van der Waals surface area contributed by atoms with Gasteiger partial charge in [-0.1, -0.05) is 35.9 Å². The first-order valence-electron chi connectivity index (χ1n) is 9.65. The van der Waals surface area contributed by atoms with Crippen LogP contribution in [0.15, 0.2) is 54.7 Å². The van der Waals surface area contributed by atoms with Crippen LogP contribution in [0.5, 0.6) is 0 Å². The average Bonchev–Trinajstić information content (AvgIpc) is 3.23. The Labute approximate surface area is 189 Å². The van der Waals surface area contributed by atoms with Crippen molar-refractivity contribution in [2.24, 2.45) is 11.5 Å². The Kier molecular flexibility index (Phi) is 9.37. The molecule has 6 N–H and O–H groups in total. The second-order valence-electron chi connectivity index (χ2n) is 6.71. The summed E-state index contributed by atoms with van der Waals surface area (Å²) in [6.07, 6.45) is 1.76. The molecule has 168 valence electrons. The summed E-state index contributed by atoms with van der Waals surface area (Å²) < 4.78 is 14.2. The van der Waals surface area contributed by atoms with Gasteiger partial charge in [-0.15, -0.1) is 0 Å². The molecule has 0 saturated carbocycles. The number of aromatic nitrogens is 2. The second-order valence-corrected chi connectivity index (χ2v) is 7.14. The average molecular weight is 460 g/mol. The number of hydrogen-bond donors (Lipinski definition) is 4. The summed E-state index contributed by atoms with van der Waals surface area (Å²) in [5, 5.41) is 9.70. The number of nitrogens with two attached hydrogens (primary N) is 2. The monoisotopic (exact) mass is 459 g/mol. The van der Waals surface area contributed by atoms with E-state index in [1.165, 1.54) is 18.3 Å². The molecule has 0 aliphatic carbocycles. The van der Waals surface area contributed by atoms with Crippen LogP contribution in [-0.2, 0) is 16.0 Å². The van der Waals surface area contributed by atoms with Crippen molar-refractivity contribution in [3.63, 3.8) is 0 Å². The number of carbonyl (C=O) groups excluding carboxylic acids is 3. The van der Waals surface area contributed by atoms with Crippen molar-refractivity contribution >= 4 is 29.3 Å². The van der Waals surface area contributed by atoms with Gasteiger partial charge in [-0.25, -0.2) is 4.39 Å². The Hall–Kier alpha value is -3.72. The quantitative estimate of drug-likeness (QED) is 0.410. The van der Waals surface area contributed by atoms with Crippen molar-refractivity contribution in [1.29, 1.82) is 0 Å². The van der Waals surface area contributed by atoms with Crippen LogP contribution in [0, 0.1) is 5.82 Å². The minimum atomic E-state index is -0.543. The molecule has 1 aromatic heterocycles. The fraction of sp³-hybridized carbons (Fsp3) is 0.182. The summed E-state index contributed by atoms with van der Waals surface area (Å²) >= 11 is 5.54. The van der Waals surface area contributed by atoms with Crippen LogP contribution in [0.3, 0.4) is 0 Å².